The van der Waals surface area contributed by atoms with Gasteiger partial charge >= 0.3 is 12.3 Å². The summed E-state index contributed by atoms with van der Waals surface area (Å²) >= 11 is 3.22. The van der Waals surface area contributed by atoms with Crippen LogP contribution in [0.1, 0.15) is 34.8 Å². The van der Waals surface area contributed by atoms with Gasteiger partial charge in [-0.15, -0.1) is 0 Å². The summed E-state index contributed by atoms with van der Waals surface area (Å²) in [6.07, 6.45) is -6.70. The number of nitrogens with one attached hydrogen (secondary N) is 1. The van der Waals surface area contributed by atoms with Crippen LogP contribution in [0.3, 0.4) is 0 Å². The maximum absolute atomic E-state index is 15.2. The number of ether oxygens (including phenoxy) is 1. The predicted octanol–water partition coefficient (Wildman–Crippen LogP) is 6.63. The summed E-state index contributed by atoms with van der Waals surface area (Å²) in [5.41, 5.74) is -2.77. The molecular formula is C26H21BrF6N4O4. The van der Waals surface area contributed by atoms with Crippen LogP contribution in [0, 0.1) is 17.5 Å². The molecular weight excluding hydrogens is 626 g/mol. The quantitative estimate of drug-likeness (QED) is 0.221. The number of hydrogen-bond donors (Lipinski definition) is 2. The van der Waals surface area contributed by atoms with E-state index in [-0.39, 0.29) is 46.0 Å². The summed E-state index contributed by atoms with van der Waals surface area (Å²) in [5.74, 6) is -4.95. The Morgan fingerprint density at radius 2 is 1.78 bits per heavy atom. The molecule has 15 heteroatoms. The highest BCUT2D eigenvalue weighted by Gasteiger charge is 2.40. The van der Waals surface area contributed by atoms with Crippen molar-refractivity contribution in [1.29, 1.82) is 0 Å². The molecule has 2 aromatic carbocycles. The number of aromatic nitrogens is 1. The molecule has 218 valence electrons. The Morgan fingerprint density at radius 3 is 2.39 bits per heavy atom. The molecule has 8 nitrogen and oxygen atoms in total. The van der Waals surface area contributed by atoms with Gasteiger partial charge in [-0.25, -0.2) is 22.9 Å². The van der Waals surface area contributed by atoms with E-state index in [0.717, 1.165) is 21.9 Å². The lowest BCUT2D eigenvalue weighted by atomic mass is 9.99. The molecule has 0 fully saturated rings. The van der Waals surface area contributed by atoms with Crippen LogP contribution in [0.4, 0.5) is 48.2 Å². The van der Waals surface area contributed by atoms with E-state index in [1.807, 2.05) is 0 Å². The lowest BCUT2D eigenvalue weighted by Crippen LogP contribution is -2.46. The first-order valence-electron chi connectivity index (χ1n) is 11.9. The average molecular weight is 647 g/mol. The zero-order valence-corrected chi connectivity index (χ0v) is 22.9. The lowest BCUT2D eigenvalue weighted by molar-refractivity contribution is -0.139. The maximum Gasteiger partial charge on any atom is 0.419 e. The highest BCUT2D eigenvalue weighted by atomic mass is 79.9. The number of alkyl halides is 3. The number of methoxy groups -OCH3 is 1. The maximum atomic E-state index is 15.2. The molecule has 3 aromatic rings. The first-order chi connectivity index (χ1) is 19.2. The van der Waals surface area contributed by atoms with Crippen molar-refractivity contribution >= 4 is 45.0 Å². The first-order valence-corrected chi connectivity index (χ1v) is 12.7. The molecule has 0 aliphatic carbocycles. The van der Waals surface area contributed by atoms with Crippen LogP contribution in [0.15, 0.2) is 41.0 Å². The topological polar surface area (TPSA) is 95.0 Å². The fourth-order valence-electron chi connectivity index (χ4n) is 4.43. The molecule has 41 heavy (non-hydrogen) atoms. The Kier molecular flexibility index (Phi) is 8.38. The molecule has 2 amide bonds. The van der Waals surface area contributed by atoms with Gasteiger partial charge in [-0.2, -0.15) is 13.2 Å². The van der Waals surface area contributed by atoms with Crippen molar-refractivity contribution in [3.8, 4) is 5.88 Å². The fraction of sp³-hybridized carbons (Fsp3) is 0.269. The lowest BCUT2D eigenvalue weighted by Gasteiger charge is -2.39. The highest BCUT2D eigenvalue weighted by molar-refractivity contribution is 9.10. The van der Waals surface area contributed by atoms with Gasteiger partial charge in [0.05, 0.1) is 29.6 Å². The van der Waals surface area contributed by atoms with Crippen molar-refractivity contribution in [3.63, 3.8) is 0 Å². The van der Waals surface area contributed by atoms with Gasteiger partial charge in [0.2, 0.25) is 5.88 Å². The van der Waals surface area contributed by atoms with Gasteiger partial charge in [-0.05, 0) is 66.0 Å². The number of carboxylic acid groups (broad SMARTS) is 1. The Labute approximate surface area is 237 Å². The number of nitrogens with zero attached hydrogens (tertiary/aromatic N) is 3. The van der Waals surface area contributed by atoms with Crippen molar-refractivity contribution in [1.82, 2.24) is 10.3 Å². The number of rotatable bonds is 7. The number of anilines is 3. The third-order valence-corrected chi connectivity index (χ3v) is 6.99. The summed E-state index contributed by atoms with van der Waals surface area (Å²) in [5, 5.41) is 11.1. The summed E-state index contributed by atoms with van der Waals surface area (Å²) in [4.78, 5) is 30.8. The zero-order valence-electron chi connectivity index (χ0n) is 21.3. The molecule has 1 atom stereocenters. The van der Waals surface area contributed by atoms with Crippen LogP contribution < -0.4 is 19.9 Å². The van der Waals surface area contributed by atoms with E-state index in [9.17, 15) is 31.5 Å². The van der Waals surface area contributed by atoms with Crippen LogP contribution in [0.5, 0.6) is 5.88 Å². The monoisotopic (exact) mass is 646 g/mol. The molecule has 0 saturated heterocycles. The van der Waals surface area contributed by atoms with Crippen LogP contribution >= 0.6 is 15.9 Å². The minimum atomic E-state index is -5.12. The summed E-state index contributed by atoms with van der Waals surface area (Å²) in [6.45, 7) is 0.997. The number of amides is 2. The van der Waals surface area contributed by atoms with Crippen LogP contribution in [-0.2, 0) is 12.6 Å². The normalized spacial score (nSPS) is 14.1. The van der Waals surface area contributed by atoms with Crippen molar-refractivity contribution < 1.29 is 45.8 Å². The number of fused-ring (bicyclic) bond motifs is 1. The SMILES string of the molecule is COc1ccc(N2CN(c3ccc(F)c(F)c3CCC(C)NC(=O)O)c3cc(C(F)(F)F)c(F)cc3C2=O)c(Br)n1. The average Bonchev–Trinajstić information content (AvgIpc) is 2.89. The minimum absolute atomic E-state index is 0.00577. The summed E-state index contributed by atoms with van der Waals surface area (Å²) in [6, 6.07) is 4.94. The van der Waals surface area contributed by atoms with Gasteiger partial charge in [0, 0.05) is 23.4 Å². The first kappa shape index (κ1) is 30.0. The summed E-state index contributed by atoms with van der Waals surface area (Å²) < 4.78 is 90.4. The van der Waals surface area contributed by atoms with Crippen molar-refractivity contribution in [3.05, 3.63) is 75.1 Å². The Hall–Kier alpha value is -4.01. The molecule has 4 rings (SSSR count). The largest absolute Gasteiger partial charge is 0.481 e. The molecule has 0 spiro atoms. The molecule has 2 N–H and O–H groups in total. The van der Waals surface area contributed by atoms with Crippen LogP contribution in [-0.4, -0.2) is 41.9 Å². The van der Waals surface area contributed by atoms with Gasteiger partial charge in [0.25, 0.3) is 5.91 Å². The van der Waals surface area contributed by atoms with E-state index < -0.39 is 59.5 Å². The van der Waals surface area contributed by atoms with E-state index >= 15 is 4.39 Å². The Balaban J connectivity index is 1.91. The third kappa shape index (κ3) is 6.04. The fourth-order valence-corrected chi connectivity index (χ4v) is 4.96. The molecule has 1 unspecified atom stereocenters. The number of halogens is 7. The Morgan fingerprint density at radius 1 is 1.10 bits per heavy atom. The molecule has 0 saturated carbocycles. The van der Waals surface area contributed by atoms with Gasteiger partial charge < -0.3 is 20.1 Å². The van der Waals surface area contributed by atoms with Crippen molar-refractivity contribution in [2.24, 2.45) is 0 Å². The Bertz CT molecular complexity index is 1520. The van der Waals surface area contributed by atoms with Crippen LogP contribution in [0.25, 0.3) is 0 Å². The molecule has 0 radical (unpaired) electrons. The standard InChI is InChI=1S/C26H21BrF6N4O4/c1-12(34-25(39)40)3-4-13-18(6-5-16(28)22(13)30)36-11-37(19-7-8-21(41-2)35-23(19)27)24(38)14-9-17(29)15(10-20(14)36)26(31,32)33/h5-10,12,34H,3-4,11H2,1-2H3,(H,39,40). The number of hydrogen-bond acceptors (Lipinski definition) is 5. The number of carbonyl (C=O) groups excluding carboxylic acids is 1. The second-order valence-electron chi connectivity index (χ2n) is 9.06. The van der Waals surface area contributed by atoms with Crippen molar-refractivity contribution in [2.75, 3.05) is 23.6 Å². The second kappa shape index (κ2) is 11.5. The van der Waals surface area contributed by atoms with E-state index in [4.69, 9.17) is 9.84 Å². The number of carbonyl (C=O) groups is 2. The molecule has 2 heterocycles. The molecule has 1 aliphatic rings. The van der Waals surface area contributed by atoms with Crippen molar-refractivity contribution in [2.45, 2.75) is 32.0 Å². The van der Waals surface area contributed by atoms with Gasteiger partial charge in [-0.1, -0.05) is 0 Å². The van der Waals surface area contributed by atoms with Gasteiger partial charge in [-0.3, -0.25) is 9.69 Å². The van der Waals surface area contributed by atoms with Gasteiger partial charge in [0.15, 0.2) is 11.6 Å². The third-order valence-electron chi connectivity index (χ3n) is 6.40. The van der Waals surface area contributed by atoms with Crippen LogP contribution in [0.2, 0.25) is 0 Å². The predicted molar refractivity (Wildman–Crippen MR) is 139 cm³/mol. The number of benzene rings is 2. The minimum Gasteiger partial charge on any atom is -0.481 e. The van der Waals surface area contributed by atoms with E-state index in [2.05, 4.69) is 26.2 Å². The van der Waals surface area contributed by atoms with E-state index in [1.165, 1.54) is 26.2 Å². The van der Waals surface area contributed by atoms with E-state index in [0.29, 0.717) is 12.1 Å². The highest BCUT2D eigenvalue weighted by Crippen LogP contribution is 2.43. The molecule has 0 bridgehead atoms. The van der Waals surface area contributed by atoms with E-state index in [1.54, 1.807) is 0 Å². The zero-order chi connectivity index (χ0) is 30.2. The van der Waals surface area contributed by atoms with Gasteiger partial charge in [0.1, 0.15) is 17.1 Å². The smallest absolute Gasteiger partial charge is 0.419 e. The summed E-state index contributed by atoms with van der Waals surface area (Å²) in [7, 11) is 1.36. The number of pyridine rings is 1. The molecule has 1 aromatic heterocycles. The molecule has 1 aliphatic heterocycles. The second-order valence-corrected chi connectivity index (χ2v) is 9.81.